The van der Waals surface area contributed by atoms with Gasteiger partial charge in [-0.2, -0.15) is 0 Å². The fourth-order valence-corrected chi connectivity index (χ4v) is 5.67. The van der Waals surface area contributed by atoms with E-state index in [1.54, 1.807) is 23.5 Å². The number of thiazole rings is 1. The Kier molecular flexibility index (Phi) is 7.53. The second kappa shape index (κ2) is 10.3. The van der Waals surface area contributed by atoms with Crippen molar-refractivity contribution in [3.63, 3.8) is 0 Å². The number of fused-ring (bicyclic) bond motifs is 1. The smallest absolute Gasteiger partial charge is 0.123 e. The molecule has 0 saturated carbocycles. The number of β-amino-alcohol motifs (C(OH)–C–C–N with tert-alkyl or cyclic N) is 1. The topological polar surface area (TPSA) is 57.6 Å². The molecule has 2 heterocycles. The van der Waals surface area contributed by atoms with Gasteiger partial charge in [-0.3, -0.25) is 4.90 Å². The van der Waals surface area contributed by atoms with Crippen molar-refractivity contribution in [3.05, 3.63) is 59.4 Å². The van der Waals surface area contributed by atoms with Crippen LogP contribution in [0.3, 0.4) is 0 Å². The van der Waals surface area contributed by atoms with Crippen LogP contribution in [0.1, 0.15) is 17.8 Å². The van der Waals surface area contributed by atoms with Crippen LogP contribution in [0.15, 0.2) is 48.5 Å². The molecule has 1 aliphatic rings. The molecule has 0 amide bonds. The third-order valence-corrected chi connectivity index (χ3v) is 7.55. The van der Waals surface area contributed by atoms with Crippen LogP contribution < -0.4 is 10.1 Å². The molecule has 0 spiro atoms. The van der Waals surface area contributed by atoms with Gasteiger partial charge in [0, 0.05) is 25.7 Å². The van der Waals surface area contributed by atoms with Crippen LogP contribution in [0, 0.1) is 5.82 Å². The number of hydrogen-bond acceptors (Lipinski definition) is 6. The quantitative estimate of drug-likeness (QED) is 0.255. The van der Waals surface area contributed by atoms with Crippen molar-refractivity contribution in [1.29, 1.82) is 0 Å². The Hall–Kier alpha value is -1.33. The van der Waals surface area contributed by atoms with Gasteiger partial charge in [0.05, 0.1) is 14.3 Å². The van der Waals surface area contributed by atoms with Crippen LogP contribution in [0.4, 0.5) is 4.39 Å². The fourth-order valence-electron chi connectivity index (χ4n) is 3.63. The lowest BCUT2D eigenvalue weighted by Crippen LogP contribution is -2.49. The molecule has 0 radical (unpaired) electrons. The van der Waals surface area contributed by atoms with Crippen molar-refractivity contribution in [1.82, 2.24) is 15.2 Å². The molecule has 1 saturated heterocycles. The van der Waals surface area contributed by atoms with Crippen LogP contribution in [0.5, 0.6) is 5.75 Å². The number of aromatic nitrogens is 1. The summed E-state index contributed by atoms with van der Waals surface area (Å²) < 4.78 is 20.1. The summed E-state index contributed by atoms with van der Waals surface area (Å²) in [6.45, 7) is 2.49. The van der Waals surface area contributed by atoms with Gasteiger partial charge in [-0.1, -0.05) is 34.7 Å². The Morgan fingerprint density at radius 1 is 1.27 bits per heavy atom. The van der Waals surface area contributed by atoms with Gasteiger partial charge < -0.3 is 15.2 Å². The second-order valence-electron chi connectivity index (χ2n) is 7.53. The van der Waals surface area contributed by atoms with Crippen LogP contribution in [-0.2, 0) is 6.54 Å². The third kappa shape index (κ3) is 5.88. The van der Waals surface area contributed by atoms with E-state index in [2.05, 4.69) is 44.9 Å². The predicted molar refractivity (Wildman–Crippen MR) is 127 cm³/mol. The van der Waals surface area contributed by atoms with Gasteiger partial charge >= 0.3 is 0 Å². The number of rotatable bonds is 8. The number of para-hydroxylation sites is 1. The molecule has 3 atom stereocenters. The molecule has 160 valence electrons. The molecule has 2 N–H and O–H groups in total. The molecular weight excluding hydrogens is 516 g/mol. The summed E-state index contributed by atoms with van der Waals surface area (Å²) in [5, 5.41) is 15.1. The maximum atomic E-state index is 12.9. The standard InChI is InChI=1S/C22H25FIN3O2S/c23-15-5-7-18(8-6-15)29-14-17(28)13-27-10-9-16(11-21(27)24)25-12-22-26-19-3-1-2-4-20(19)30-22/h1-8,16-17,21,25,28H,9-14H2. The molecule has 8 heteroatoms. The second-order valence-corrected chi connectivity index (χ2v) is 10.1. The lowest BCUT2D eigenvalue weighted by Gasteiger charge is -2.37. The molecular formula is C22H25FIN3O2S. The first-order valence-electron chi connectivity index (χ1n) is 10.1. The Morgan fingerprint density at radius 3 is 2.83 bits per heavy atom. The molecule has 0 bridgehead atoms. The molecule has 5 nitrogen and oxygen atoms in total. The lowest BCUT2D eigenvalue weighted by atomic mass is 10.0. The van der Waals surface area contributed by atoms with E-state index in [0.29, 0.717) is 22.4 Å². The molecule has 3 aromatic rings. The molecule has 30 heavy (non-hydrogen) atoms. The molecule has 1 fully saturated rings. The number of ether oxygens (including phenoxy) is 1. The number of likely N-dealkylation sites (tertiary alicyclic amines) is 1. The highest BCUT2D eigenvalue weighted by molar-refractivity contribution is 14.1. The van der Waals surface area contributed by atoms with Gasteiger partial charge in [-0.15, -0.1) is 11.3 Å². The van der Waals surface area contributed by atoms with Crippen molar-refractivity contribution in [2.24, 2.45) is 0 Å². The number of hydrogen-bond donors (Lipinski definition) is 2. The zero-order valence-electron chi connectivity index (χ0n) is 16.5. The zero-order chi connectivity index (χ0) is 20.9. The number of alkyl halides is 1. The maximum absolute atomic E-state index is 12.9. The molecule has 0 aliphatic carbocycles. The minimum Gasteiger partial charge on any atom is -0.491 e. The molecule has 1 aliphatic heterocycles. The first-order chi connectivity index (χ1) is 14.6. The first kappa shape index (κ1) is 21.9. The molecule has 3 unspecified atom stereocenters. The zero-order valence-corrected chi connectivity index (χ0v) is 19.5. The number of aliphatic hydroxyl groups is 1. The number of nitrogens with one attached hydrogen (secondary N) is 1. The van der Waals surface area contributed by atoms with Crippen LogP contribution >= 0.6 is 33.9 Å². The monoisotopic (exact) mass is 541 g/mol. The van der Waals surface area contributed by atoms with Crippen molar-refractivity contribution in [2.45, 2.75) is 35.6 Å². The maximum Gasteiger partial charge on any atom is 0.123 e. The van der Waals surface area contributed by atoms with E-state index in [-0.39, 0.29) is 12.4 Å². The summed E-state index contributed by atoms with van der Waals surface area (Å²) in [5.74, 6) is 0.273. The predicted octanol–water partition coefficient (Wildman–Crippen LogP) is 4.19. The first-order valence-corrected chi connectivity index (χ1v) is 12.2. The largest absolute Gasteiger partial charge is 0.491 e. The van der Waals surface area contributed by atoms with Gasteiger partial charge in [0.15, 0.2) is 0 Å². The lowest BCUT2D eigenvalue weighted by molar-refractivity contribution is 0.0545. The summed E-state index contributed by atoms with van der Waals surface area (Å²) in [4.78, 5) is 7.00. The minimum absolute atomic E-state index is 0.199. The molecule has 2 aromatic carbocycles. The minimum atomic E-state index is -0.584. The van der Waals surface area contributed by atoms with E-state index in [9.17, 15) is 9.50 Å². The Labute approximate surface area is 193 Å². The molecule has 4 rings (SSSR count). The number of benzene rings is 2. The van der Waals surface area contributed by atoms with Gasteiger partial charge in [-0.25, -0.2) is 9.37 Å². The van der Waals surface area contributed by atoms with Gasteiger partial charge in [0.25, 0.3) is 0 Å². The van der Waals surface area contributed by atoms with Crippen LogP contribution in [0.2, 0.25) is 0 Å². The normalized spacial score (nSPS) is 21.0. The van der Waals surface area contributed by atoms with Gasteiger partial charge in [0.1, 0.15) is 29.3 Å². The SMILES string of the molecule is OC(COc1ccc(F)cc1)CN1CCC(NCc2nc3ccccc3s2)CC1I. The summed E-state index contributed by atoms with van der Waals surface area (Å²) in [5.41, 5.74) is 1.07. The van der Waals surface area contributed by atoms with Crippen molar-refractivity contribution in [3.8, 4) is 5.75 Å². The third-order valence-electron chi connectivity index (χ3n) is 5.22. The van der Waals surface area contributed by atoms with Crippen molar-refractivity contribution in [2.75, 3.05) is 19.7 Å². The van der Waals surface area contributed by atoms with Gasteiger partial charge in [0.2, 0.25) is 0 Å². The summed E-state index contributed by atoms with van der Waals surface area (Å²) in [6, 6.07) is 14.5. The van der Waals surface area contributed by atoms with E-state index in [4.69, 9.17) is 9.72 Å². The highest BCUT2D eigenvalue weighted by Gasteiger charge is 2.28. The fraction of sp³-hybridized carbons (Fsp3) is 0.409. The Bertz CT molecular complexity index is 922. The highest BCUT2D eigenvalue weighted by Crippen LogP contribution is 2.25. The number of piperidine rings is 1. The summed E-state index contributed by atoms with van der Waals surface area (Å²) in [7, 11) is 0. The van der Waals surface area contributed by atoms with E-state index >= 15 is 0 Å². The van der Waals surface area contributed by atoms with E-state index < -0.39 is 6.10 Å². The number of aliphatic hydroxyl groups excluding tert-OH is 1. The van der Waals surface area contributed by atoms with Gasteiger partial charge in [-0.05, 0) is 49.2 Å². The van der Waals surface area contributed by atoms with Crippen LogP contribution in [0.25, 0.3) is 10.2 Å². The highest BCUT2D eigenvalue weighted by atomic mass is 127. The number of nitrogens with zero attached hydrogens (tertiary/aromatic N) is 2. The summed E-state index contributed by atoms with van der Waals surface area (Å²) in [6.07, 6.45) is 1.48. The van der Waals surface area contributed by atoms with Crippen molar-refractivity contribution < 1.29 is 14.2 Å². The van der Waals surface area contributed by atoms with Crippen molar-refractivity contribution >= 4 is 44.1 Å². The Morgan fingerprint density at radius 2 is 2.07 bits per heavy atom. The van der Waals surface area contributed by atoms with E-state index in [1.165, 1.54) is 16.8 Å². The molecule has 1 aromatic heterocycles. The average Bonchev–Trinajstić information content (AvgIpc) is 3.17. The summed E-state index contributed by atoms with van der Waals surface area (Å²) >= 11 is 4.20. The van der Waals surface area contributed by atoms with E-state index in [0.717, 1.165) is 36.5 Å². The Balaban J connectivity index is 1.20. The number of halogens is 2. The van der Waals surface area contributed by atoms with E-state index in [1.807, 2.05) is 12.1 Å². The van der Waals surface area contributed by atoms with Crippen LogP contribution in [-0.4, -0.2) is 50.9 Å². The average molecular weight is 541 g/mol.